The van der Waals surface area contributed by atoms with Gasteiger partial charge in [-0.3, -0.25) is 126 Å². The lowest BCUT2D eigenvalue weighted by Gasteiger charge is -2.35. The van der Waals surface area contributed by atoms with Gasteiger partial charge in [0.15, 0.2) is 11.6 Å². The van der Waals surface area contributed by atoms with Gasteiger partial charge in [0, 0.05) is 204 Å². The minimum atomic E-state index is -1.26. The van der Waals surface area contributed by atoms with Crippen LogP contribution in [0.25, 0.3) is 0 Å². The van der Waals surface area contributed by atoms with Crippen molar-refractivity contribution in [1.82, 2.24) is 75.6 Å². The number of amides is 10. The Morgan fingerprint density at radius 2 is 0.789 bits per heavy atom. The van der Waals surface area contributed by atoms with Crippen LogP contribution in [0.15, 0.2) is 60.7 Å². The van der Waals surface area contributed by atoms with E-state index in [9.17, 15) is 137 Å². The van der Waals surface area contributed by atoms with Crippen LogP contribution in [0.1, 0.15) is 147 Å². The molecule has 45 nitrogen and oxygen atoms in total. The molecular weight excluding hydrogens is 1890 g/mol. The van der Waals surface area contributed by atoms with Crippen molar-refractivity contribution >= 4 is 153 Å². The first kappa shape index (κ1) is 117. The number of hydrogen-bond acceptors (Lipinski definition) is 30. The van der Waals surface area contributed by atoms with E-state index in [1.54, 1.807) is 89.8 Å². The summed E-state index contributed by atoms with van der Waals surface area (Å²) in [7, 11) is 0. The average Bonchev–Trinajstić information content (AvgIpc) is 1.27. The molecule has 2 unspecified atom stereocenters. The lowest BCUT2D eigenvalue weighted by Crippen LogP contribution is -2.50. The standard InChI is InChI=1S/C50H71N9O14S.C45H66N8O14S/c1-33(60)52-36-10-12-37(13-11-36)53-50(73)51-18-4-3-8-41(49(71)72)54-44(63)16-15-42(61)40(17-27-74-2)55-48(70)39-7-5-6-34-28-35(9-14-38(34)39)43(62)29-56-19-21-57(30-45(64)65)23-25-59(32-47(68)69)26-24-58(22-20-56)31-46(66)67;1-30-24-38(56)53(44(30)65)13-4-3-8-35(45(66)67)46-37(55)10-9-36(54)34(12-23-68-2)47-43(64)33-7-5-6-31-25-52(14-11-32(31)33)39(57)26-48-15-17-49(27-40(58)59)19-21-51(29-42(62)63)22-20-50(18-16-48)28-41(60)61/h5-7,10-13,35,40-41H,3-4,8-9,14-32H2,1-2H3,(H,52,60)(H,54,63)(H,55,70)(H,64,65)(H,66,67)(H,68,69)(H,71,72)(H2,51,53,73);5-7,30,34-35H,3-4,8-29H2,1-2H3,(H,46,55)(H,47,64)(H,58,59)(H,60,61)(H,62,63)(H,66,67)/t35?,40-,41-;30?,34-,35-/m00/s1. The van der Waals surface area contributed by atoms with Crippen LogP contribution in [0.3, 0.4) is 0 Å². The fourth-order valence-electron chi connectivity index (χ4n) is 17.4. The number of benzene rings is 3. The van der Waals surface area contributed by atoms with Crippen molar-refractivity contribution in [3.05, 3.63) is 94.0 Å². The number of thioether (sulfide) groups is 2. The minimum Gasteiger partial charge on any atom is -0.480 e. The van der Waals surface area contributed by atoms with Crippen LogP contribution in [0, 0.1) is 11.8 Å². The Morgan fingerprint density at radius 1 is 0.408 bits per heavy atom. The number of carboxylic acid groups (broad SMARTS) is 8. The molecule has 4 aliphatic heterocycles. The molecule has 0 saturated carbocycles. The molecule has 6 atom stereocenters. The third-order valence-electron chi connectivity index (χ3n) is 25.1. The van der Waals surface area contributed by atoms with Crippen LogP contribution in [0.2, 0.25) is 0 Å². The first-order valence-electron chi connectivity index (χ1n) is 47.7. The predicted octanol–water partition coefficient (Wildman–Crippen LogP) is 0.939. The number of anilines is 2. The highest BCUT2D eigenvalue weighted by molar-refractivity contribution is 7.98. The molecule has 3 saturated heterocycles. The van der Waals surface area contributed by atoms with Crippen LogP contribution < -0.4 is 37.2 Å². The van der Waals surface area contributed by atoms with E-state index in [-0.39, 0.29) is 263 Å². The molecule has 142 heavy (non-hydrogen) atoms. The Morgan fingerprint density at radius 3 is 1.17 bits per heavy atom. The third kappa shape index (κ3) is 42.3. The number of carbonyl (C=O) groups is 20. The summed E-state index contributed by atoms with van der Waals surface area (Å²) in [4.78, 5) is 267. The topological polar surface area (TPSA) is 620 Å². The molecule has 10 amide bonds. The third-order valence-corrected chi connectivity index (χ3v) is 26.4. The van der Waals surface area contributed by atoms with Crippen molar-refractivity contribution in [3.63, 3.8) is 0 Å². The van der Waals surface area contributed by atoms with Gasteiger partial charge in [-0.2, -0.15) is 23.5 Å². The Balaban J connectivity index is 0.000000387. The molecule has 8 rings (SSSR count). The van der Waals surface area contributed by atoms with Gasteiger partial charge >= 0.3 is 53.8 Å². The Labute approximate surface area is 832 Å². The normalized spacial score (nSPS) is 17.9. The molecule has 4 heterocycles. The van der Waals surface area contributed by atoms with Gasteiger partial charge in [0.05, 0.1) is 64.4 Å². The van der Waals surface area contributed by atoms with Gasteiger partial charge in [0.1, 0.15) is 17.9 Å². The highest BCUT2D eigenvalue weighted by Crippen LogP contribution is 2.31. The first-order valence-corrected chi connectivity index (χ1v) is 50.5. The number of fused-ring (bicyclic) bond motifs is 2. The van der Waals surface area contributed by atoms with Crippen molar-refractivity contribution in [2.45, 2.75) is 154 Å². The summed E-state index contributed by atoms with van der Waals surface area (Å²) in [5.74, 6) is -12.6. The molecule has 15 N–H and O–H groups in total. The first-order chi connectivity index (χ1) is 67.6. The molecule has 3 aromatic carbocycles. The summed E-state index contributed by atoms with van der Waals surface area (Å²) >= 11 is 2.95. The number of rotatable bonds is 51. The number of aliphatic carboxylic acids is 8. The van der Waals surface area contributed by atoms with E-state index in [2.05, 4.69) is 37.2 Å². The van der Waals surface area contributed by atoms with E-state index < -0.39 is 119 Å². The molecular formula is C95H137N17O28S2. The SMILES string of the molecule is CSCC[C@H](NC(=O)c1cccc2c1CCC(C(=O)CN1CCN(CC(=O)O)CCN(CC(=O)O)CCN(CC(=O)O)CC1)C2)C(=O)CCC(=O)N[C@@H](CCCCNC(=O)Nc1ccc(NC(C)=O)cc1)C(=O)O.CSCC[C@H](NC(=O)c1cccc2c1CCN(C(=O)CN1CCN(CC(=O)O)CCN(CC(=O)O)CCN(CC(=O)O)CC1)C2)C(=O)CCC(=O)N[C@@H](CCCCN1C(=O)CC(C)C1=O)C(=O)O. The number of Topliss-reactive ketones (excluding diaryl/α,β-unsaturated/α-hetero) is 3. The summed E-state index contributed by atoms with van der Waals surface area (Å²) < 4.78 is 0. The Hall–Kier alpha value is -12.0. The molecule has 0 spiro atoms. The van der Waals surface area contributed by atoms with E-state index in [1.165, 1.54) is 35.3 Å². The number of nitrogens with zero attached hydrogens (tertiary/aromatic N) is 10. The zero-order valence-corrected chi connectivity index (χ0v) is 82.6. The van der Waals surface area contributed by atoms with Gasteiger partial charge in [-0.15, -0.1) is 0 Å². The lowest BCUT2D eigenvalue weighted by atomic mass is 9.79. The van der Waals surface area contributed by atoms with Crippen molar-refractivity contribution in [2.75, 3.05) is 211 Å². The van der Waals surface area contributed by atoms with Gasteiger partial charge < -0.3 is 83.0 Å². The number of unbranched alkanes of at least 4 members (excludes halogenated alkanes) is 2. The molecule has 782 valence electrons. The highest BCUT2D eigenvalue weighted by atomic mass is 32.2. The molecule has 0 bridgehead atoms. The zero-order chi connectivity index (χ0) is 104. The summed E-state index contributed by atoms with van der Waals surface area (Å²) in [6, 6.07) is 12.1. The minimum absolute atomic E-state index is 0.0303. The largest absolute Gasteiger partial charge is 0.480 e. The smallest absolute Gasteiger partial charge is 0.326 e. The van der Waals surface area contributed by atoms with Crippen LogP contribution >= 0.6 is 23.5 Å². The molecule has 47 heteroatoms. The van der Waals surface area contributed by atoms with E-state index >= 15 is 0 Å². The number of carbonyl (C=O) groups excluding carboxylic acids is 12. The van der Waals surface area contributed by atoms with Crippen LogP contribution in [0.5, 0.6) is 0 Å². The van der Waals surface area contributed by atoms with E-state index in [1.807, 2.05) is 34.4 Å². The maximum atomic E-state index is 14.0. The lowest BCUT2D eigenvalue weighted by molar-refractivity contribution is -0.142. The quantitative estimate of drug-likeness (QED) is 0.0276. The van der Waals surface area contributed by atoms with Crippen LogP contribution in [0.4, 0.5) is 16.2 Å². The van der Waals surface area contributed by atoms with Crippen LogP contribution in [-0.2, 0) is 107 Å². The molecule has 1 aliphatic carbocycles. The number of nitrogens with one attached hydrogen (secondary N) is 7. The average molecular weight is 2030 g/mol. The number of likely N-dealkylation sites (tertiary alicyclic amines) is 1. The van der Waals surface area contributed by atoms with Gasteiger partial charge in [0.25, 0.3) is 11.8 Å². The second-order valence-corrected chi connectivity index (χ2v) is 38.0. The summed E-state index contributed by atoms with van der Waals surface area (Å²) in [5, 5.41) is 95.4. The van der Waals surface area contributed by atoms with Crippen molar-refractivity contribution in [2.24, 2.45) is 11.8 Å². The van der Waals surface area contributed by atoms with Gasteiger partial charge in [-0.05, 0) is 160 Å². The zero-order valence-electron chi connectivity index (χ0n) is 81.0. The second-order valence-electron chi connectivity index (χ2n) is 36.0. The number of ketones is 3. The second kappa shape index (κ2) is 61.1. The van der Waals surface area contributed by atoms with Crippen LogP contribution in [-0.4, -0.2) is 433 Å². The predicted molar refractivity (Wildman–Crippen MR) is 522 cm³/mol. The van der Waals surface area contributed by atoms with E-state index in [0.29, 0.717) is 104 Å². The monoisotopic (exact) mass is 2030 g/mol. The molecule has 3 aromatic rings. The van der Waals surface area contributed by atoms with Crippen molar-refractivity contribution in [1.29, 1.82) is 0 Å². The number of carboxylic acids is 8. The van der Waals surface area contributed by atoms with Gasteiger partial charge in [0.2, 0.25) is 35.4 Å². The maximum absolute atomic E-state index is 14.0. The summed E-state index contributed by atoms with van der Waals surface area (Å²) in [6.07, 6.45) is 6.45. The van der Waals surface area contributed by atoms with Crippen molar-refractivity contribution < 1.29 is 137 Å². The fourth-order valence-corrected chi connectivity index (χ4v) is 18.3. The highest BCUT2D eigenvalue weighted by Gasteiger charge is 2.38. The maximum Gasteiger partial charge on any atom is 0.326 e. The Kier molecular flexibility index (Phi) is 50.4. The Bertz CT molecular complexity index is 4820. The summed E-state index contributed by atoms with van der Waals surface area (Å²) in [6.45, 7) is 6.46. The van der Waals surface area contributed by atoms with Crippen molar-refractivity contribution in [3.8, 4) is 0 Å². The van der Waals surface area contributed by atoms with Gasteiger partial charge in [-0.1, -0.05) is 31.2 Å². The number of urea groups is 1. The van der Waals surface area contributed by atoms with E-state index in [4.69, 9.17) is 0 Å². The fraction of sp³-hybridized carbons (Fsp3) is 0.600. The molecule has 0 aromatic heterocycles. The van der Waals surface area contributed by atoms with Gasteiger partial charge in [-0.25, -0.2) is 14.4 Å². The van der Waals surface area contributed by atoms with E-state index in [0.717, 1.165) is 16.7 Å². The molecule has 3 fully saturated rings. The molecule has 0 radical (unpaired) electrons. The molecule has 5 aliphatic rings. The number of imide groups is 1. The number of hydrogen-bond donors (Lipinski definition) is 15. The summed E-state index contributed by atoms with van der Waals surface area (Å²) in [5.41, 5.74) is 4.80.